The summed E-state index contributed by atoms with van der Waals surface area (Å²) in [6, 6.07) is 8.38. The molecule has 0 amide bonds. The fourth-order valence-corrected chi connectivity index (χ4v) is 3.07. The zero-order valence-electron chi connectivity index (χ0n) is 13.6. The molecule has 0 spiro atoms. The van der Waals surface area contributed by atoms with Gasteiger partial charge in [-0.2, -0.15) is 0 Å². The third-order valence-electron chi connectivity index (χ3n) is 4.44. The largest absolute Gasteiger partial charge is 0.490 e. The molecule has 0 radical (unpaired) electrons. The lowest BCUT2D eigenvalue weighted by atomic mass is 9.98. The van der Waals surface area contributed by atoms with E-state index in [9.17, 15) is 5.11 Å². The first-order chi connectivity index (χ1) is 10.1. The van der Waals surface area contributed by atoms with Crippen LogP contribution < -0.4 is 10.1 Å². The van der Waals surface area contributed by atoms with Gasteiger partial charge >= 0.3 is 0 Å². The predicted octanol–water partition coefficient (Wildman–Crippen LogP) is 3.47. The molecule has 1 aliphatic carbocycles. The average molecular weight is 291 g/mol. The quantitative estimate of drug-likeness (QED) is 0.808. The maximum Gasteiger partial charge on any atom is 0.120 e. The van der Waals surface area contributed by atoms with Crippen LogP contribution in [0.2, 0.25) is 0 Å². The highest BCUT2D eigenvalue weighted by molar-refractivity contribution is 5.30. The highest BCUT2D eigenvalue weighted by Gasteiger charge is 2.39. The van der Waals surface area contributed by atoms with Gasteiger partial charge in [0.2, 0.25) is 0 Å². The Bertz CT molecular complexity index is 447. The van der Waals surface area contributed by atoms with Crippen LogP contribution >= 0.6 is 0 Å². The summed E-state index contributed by atoms with van der Waals surface area (Å²) in [7, 11) is 0. The molecule has 2 unspecified atom stereocenters. The molecule has 0 bridgehead atoms. The van der Waals surface area contributed by atoms with E-state index in [1.807, 2.05) is 6.07 Å². The summed E-state index contributed by atoms with van der Waals surface area (Å²) in [5.74, 6) is 1.47. The summed E-state index contributed by atoms with van der Waals surface area (Å²) in [4.78, 5) is 0. The van der Waals surface area contributed by atoms with E-state index in [4.69, 9.17) is 4.74 Å². The molecule has 1 aliphatic rings. The van der Waals surface area contributed by atoms with Crippen LogP contribution in [-0.2, 0) is 0 Å². The molecule has 0 heterocycles. The van der Waals surface area contributed by atoms with Crippen LogP contribution in [-0.4, -0.2) is 29.9 Å². The molecule has 1 aromatic carbocycles. The van der Waals surface area contributed by atoms with Crippen LogP contribution in [0.3, 0.4) is 0 Å². The van der Waals surface area contributed by atoms with Crippen molar-refractivity contribution in [3.63, 3.8) is 0 Å². The lowest BCUT2D eigenvalue weighted by molar-refractivity contribution is 0.140. The molecule has 1 saturated carbocycles. The molecule has 2 atom stereocenters. The Hall–Kier alpha value is -1.06. The Kier molecular flexibility index (Phi) is 5.65. The molecule has 2 rings (SSSR count). The van der Waals surface area contributed by atoms with Crippen molar-refractivity contribution in [3.05, 3.63) is 29.8 Å². The van der Waals surface area contributed by atoms with Crippen LogP contribution in [0.5, 0.6) is 5.75 Å². The van der Waals surface area contributed by atoms with Crippen molar-refractivity contribution < 1.29 is 9.84 Å². The molecule has 3 nitrogen and oxygen atoms in total. The van der Waals surface area contributed by atoms with Gasteiger partial charge in [0.25, 0.3) is 0 Å². The van der Waals surface area contributed by atoms with Gasteiger partial charge in [-0.25, -0.2) is 0 Å². The third kappa shape index (κ3) is 4.21. The van der Waals surface area contributed by atoms with Gasteiger partial charge in [0.05, 0.1) is 6.61 Å². The van der Waals surface area contributed by atoms with E-state index in [0.717, 1.165) is 38.0 Å². The standard InChI is InChI=1S/C18H29NO2/c1-4-10-19-18(13-20)9-8-17(12-18)21-16-7-5-6-15(11-16)14(2)3/h5-7,11,14,17,19-20H,4,8-10,12-13H2,1-3H3. The second-order valence-electron chi connectivity index (χ2n) is 6.58. The smallest absolute Gasteiger partial charge is 0.120 e. The summed E-state index contributed by atoms with van der Waals surface area (Å²) in [6.07, 6.45) is 4.16. The zero-order chi connectivity index (χ0) is 15.3. The van der Waals surface area contributed by atoms with Crippen molar-refractivity contribution in [2.75, 3.05) is 13.2 Å². The van der Waals surface area contributed by atoms with E-state index in [0.29, 0.717) is 5.92 Å². The van der Waals surface area contributed by atoms with Crippen LogP contribution in [0, 0.1) is 0 Å². The van der Waals surface area contributed by atoms with Crippen LogP contribution in [0.15, 0.2) is 24.3 Å². The summed E-state index contributed by atoms with van der Waals surface area (Å²) in [5, 5.41) is 13.2. The van der Waals surface area contributed by atoms with E-state index in [2.05, 4.69) is 44.3 Å². The number of hydrogen-bond acceptors (Lipinski definition) is 3. The van der Waals surface area contributed by atoms with Crippen LogP contribution in [0.1, 0.15) is 57.9 Å². The fourth-order valence-electron chi connectivity index (χ4n) is 3.07. The van der Waals surface area contributed by atoms with Gasteiger partial charge in [0, 0.05) is 12.0 Å². The van der Waals surface area contributed by atoms with Crippen LogP contribution in [0.25, 0.3) is 0 Å². The first-order valence-corrected chi connectivity index (χ1v) is 8.21. The number of aliphatic hydroxyl groups excluding tert-OH is 1. The van der Waals surface area contributed by atoms with E-state index >= 15 is 0 Å². The lowest BCUT2D eigenvalue weighted by Gasteiger charge is -2.28. The summed E-state index contributed by atoms with van der Waals surface area (Å²) < 4.78 is 6.15. The minimum Gasteiger partial charge on any atom is -0.490 e. The molecule has 3 heteroatoms. The average Bonchev–Trinajstić information content (AvgIpc) is 2.89. The van der Waals surface area contributed by atoms with Gasteiger partial charge in [-0.15, -0.1) is 0 Å². The molecule has 2 N–H and O–H groups in total. The van der Waals surface area contributed by atoms with Crippen molar-refractivity contribution in [1.29, 1.82) is 0 Å². The van der Waals surface area contributed by atoms with Gasteiger partial charge in [-0.3, -0.25) is 0 Å². The molecule has 0 aliphatic heterocycles. The van der Waals surface area contributed by atoms with Crippen molar-refractivity contribution in [3.8, 4) is 5.75 Å². The monoisotopic (exact) mass is 291 g/mol. The normalized spacial score (nSPS) is 25.5. The number of hydrogen-bond donors (Lipinski definition) is 2. The van der Waals surface area contributed by atoms with E-state index in [-0.39, 0.29) is 18.2 Å². The fraction of sp³-hybridized carbons (Fsp3) is 0.667. The van der Waals surface area contributed by atoms with Gasteiger partial charge in [0.15, 0.2) is 0 Å². The van der Waals surface area contributed by atoms with Crippen molar-refractivity contribution in [2.45, 2.75) is 64.0 Å². The molecule has 0 saturated heterocycles. The van der Waals surface area contributed by atoms with Crippen molar-refractivity contribution >= 4 is 0 Å². The molecule has 0 aromatic heterocycles. The molecular weight excluding hydrogens is 262 g/mol. The van der Waals surface area contributed by atoms with Crippen LogP contribution in [0.4, 0.5) is 0 Å². The number of nitrogens with one attached hydrogen (secondary N) is 1. The van der Waals surface area contributed by atoms with Gasteiger partial charge < -0.3 is 15.2 Å². The number of ether oxygens (including phenoxy) is 1. The summed E-state index contributed by atoms with van der Waals surface area (Å²) in [6.45, 7) is 7.69. The first-order valence-electron chi connectivity index (χ1n) is 8.21. The second-order valence-corrected chi connectivity index (χ2v) is 6.58. The molecule has 21 heavy (non-hydrogen) atoms. The molecule has 118 valence electrons. The molecule has 1 aromatic rings. The first kappa shape index (κ1) is 16.3. The Morgan fingerprint density at radius 1 is 1.43 bits per heavy atom. The Balaban J connectivity index is 1.97. The third-order valence-corrected chi connectivity index (χ3v) is 4.44. The Morgan fingerprint density at radius 3 is 2.90 bits per heavy atom. The number of rotatable bonds is 7. The Labute approximate surface area is 128 Å². The van der Waals surface area contributed by atoms with E-state index in [1.165, 1.54) is 5.56 Å². The highest BCUT2D eigenvalue weighted by atomic mass is 16.5. The van der Waals surface area contributed by atoms with E-state index < -0.39 is 0 Å². The summed E-state index contributed by atoms with van der Waals surface area (Å²) >= 11 is 0. The van der Waals surface area contributed by atoms with Crippen molar-refractivity contribution in [2.24, 2.45) is 0 Å². The second kappa shape index (κ2) is 7.28. The summed E-state index contributed by atoms with van der Waals surface area (Å²) in [5.41, 5.74) is 1.17. The predicted molar refractivity (Wildman–Crippen MR) is 86.9 cm³/mol. The SMILES string of the molecule is CCCNC1(CO)CCC(Oc2cccc(C(C)C)c2)C1. The number of aliphatic hydroxyl groups is 1. The minimum absolute atomic E-state index is 0.143. The van der Waals surface area contributed by atoms with Gasteiger partial charge in [0.1, 0.15) is 11.9 Å². The van der Waals surface area contributed by atoms with Crippen molar-refractivity contribution in [1.82, 2.24) is 5.32 Å². The lowest BCUT2D eigenvalue weighted by Crippen LogP contribution is -2.47. The Morgan fingerprint density at radius 2 is 2.24 bits per heavy atom. The highest BCUT2D eigenvalue weighted by Crippen LogP contribution is 2.33. The van der Waals surface area contributed by atoms with E-state index in [1.54, 1.807) is 0 Å². The maximum atomic E-state index is 9.73. The maximum absolute atomic E-state index is 9.73. The number of benzene rings is 1. The zero-order valence-corrected chi connectivity index (χ0v) is 13.6. The van der Waals surface area contributed by atoms with Gasteiger partial charge in [-0.1, -0.05) is 32.9 Å². The van der Waals surface area contributed by atoms with Gasteiger partial charge in [-0.05, 0) is 49.4 Å². The topological polar surface area (TPSA) is 41.5 Å². The molecular formula is C18H29NO2. The molecule has 1 fully saturated rings. The minimum atomic E-state index is -0.143.